The minimum Gasteiger partial charge on any atom is -0.334 e. The molecule has 3 rings (SSSR count). The van der Waals surface area contributed by atoms with E-state index in [2.05, 4.69) is 62.4 Å². The van der Waals surface area contributed by atoms with Crippen LogP contribution < -0.4 is 0 Å². The maximum Gasteiger partial charge on any atom is 0.210 e. The first-order valence-corrected chi connectivity index (χ1v) is 8.13. The third kappa shape index (κ3) is 2.58. The molecule has 0 saturated heterocycles. The van der Waals surface area contributed by atoms with E-state index in [-0.39, 0.29) is 17.3 Å². The number of thioether (sulfide) groups is 1. The Morgan fingerprint density at radius 2 is 1.57 bits per heavy atom. The van der Waals surface area contributed by atoms with Crippen molar-refractivity contribution in [1.82, 2.24) is 4.90 Å². The summed E-state index contributed by atoms with van der Waals surface area (Å²) in [4.78, 5) is 14.7. The SMILES string of the molecule is C[C@@H]1c2ccccc2C(Sc2ccccc2)[C@@H](C)N1C=O. The van der Waals surface area contributed by atoms with Crippen LogP contribution in [0.25, 0.3) is 0 Å². The molecule has 0 N–H and O–H groups in total. The summed E-state index contributed by atoms with van der Waals surface area (Å²) in [6.45, 7) is 4.24. The fraction of sp³-hybridized carbons (Fsp3) is 0.278. The van der Waals surface area contributed by atoms with E-state index >= 15 is 0 Å². The first-order valence-electron chi connectivity index (χ1n) is 7.25. The maximum absolute atomic E-state index is 11.5. The van der Waals surface area contributed by atoms with Crippen LogP contribution in [0.2, 0.25) is 0 Å². The molecular formula is C18H19NOS. The van der Waals surface area contributed by atoms with Crippen LogP contribution in [0.1, 0.15) is 36.3 Å². The van der Waals surface area contributed by atoms with Crippen LogP contribution >= 0.6 is 11.8 Å². The molecule has 2 aromatic rings. The largest absolute Gasteiger partial charge is 0.334 e. The van der Waals surface area contributed by atoms with Crippen LogP contribution in [-0.4, -0.2) is 17.4 Å². The van der Waals surface area contributed by atoms with E-state index in [1.165, 1.54) is 16.0 Å². The third-order valence-corrected chi connectivity index (χ3v) is 5.68. The van der Waals surface area contributed by atoms with Crippen LogP contribution in [0.15, 0.2) is 59.5 Å². The number of nitrogens with zero attached hydrogens (tertiary/aromatic N) is 1. The van der Waals surface area contributed by atoms with E-state index in [0.29, 0.717) is 0 Å². The van der Waals surface area contributed by atoms with Gasteiger partial charge < -0.3 is 4.90 Å². The van der Waals surface area contributed by atoms with Gasteiger partial charge in [-0.05, 0) is 37.1 Å². The average molecular weight is 297 g/mol. The van der Waals surface area contributed by atoms with Gasteiger partial charge >= 0.3 is 0 Å². The van der Waals surface area contributed by atoms with Gasteiger partial charge in [-0.25, -0.2) is 0 Å². The van der Waals surface area contributed by atoms with Gasteiger partial charge in [-0.1, -0.05) is 42.5 Å². The Balaban J connectivity index is 2.01. The molecule has 3 atom stereocenters. The number of carbonyl (C=O) groups is 1. The van der Waals surface area contributed by atoms with E-state index in [1.807, 2.05) is 22.7 Å². The van der Waals surface area contributed by atoms with E-state index in [1.54, 1.807) is 0 Å². The van der Waals surface area contributed by atoms with Crippen molar-refractivity contribution in [3.63, 3.8) is 0 Å². The summed E-state index contributed by atoms with van der Waals surface area (Å²) in [6.07, 6.45) is 0.990. The Morgan fingerprint density at radius 3 is 2.24 bits per heavy atom. The third-order valence-electron chi connectivity index (χ3n) is 4.24. The van der Waals surface area contributed by atoms with Crippen LogP contribution in [0, 0.1) is 0 Å². The van der Waals surface area contributed by atoms with Crippen molar-refractivity contribution in [2.75, 3.05) is 0 Å². The molecule has 2 nitrogen and oxygen atoms in total. The van der Waals surface area contributed by atoms with Gasteiger partial charge in [0.15, 0.2) is 0 Å². The molecule has 0 aromatic heterocycles. The van der Waals surface area contributed by atoms with Crippen molar-refractivity contribution in [3.05, 3.63) is 65.7 Å². The molecule has 108 valence electrons. The lowest BCUT2D eigenvalue weighted by atomic mass is 9.89. The molecule has 1 amide bonds. The Bertz CT molecular complexity index is 628. The molecule has 1 aliphatic heterocycles. The molecule has 0 bridgehead atoms. The van der Waals surface area contributed by atoms with Gasteiger partial charge in [0, 0.05) is 10.9 Å². The van der Waals surface area contributed by atoms with Crippen LogP contribution in [0.3, 0.4) is 0 Å². The number of hydrogen-bond donors (Lipinski definition) is 0. The Hall–Kier alpha value is -1.74. The molecule has 0 spiro atoms. The summed E-state index contributed by atoms with van der Waals surface area (Å²) in [5, 5.41) is 0.269. The summed E-state index contributed by atoms with van der Waals surface area (Å²) in [6, 6.07) is 19.2. The molecule has 3 heteroatoms. The van der Waals surface area contributed by atoms with Gasteiger partial charge in [0.1, 0.15) is 0 Å². The smallest absolute Gasteiger partial charge is 0.210 e. The van der Waals surface area contributed by atoms with E-state index < -0.39 is 0 Å². The fourth-order valence-corrected chi connectivity index (χ4v) is 4.36. The minimum atomic E-state index is 0.140. The highest BCUT2D eigenvalue weighted by atomic mass is 32.2. The second-order valence-electron chi connectivity index (χ2n) is 5.45. The summed E-state index contributed by atoms with van der Waals surface area (Å²) >= 11 is 1.84. The van der Waals surface area contributed by atoms with Crippen molar-refractivity contribution in [3.8, 4) is 0 Å². The zero-order valence-corrected chi connectivity index (χ0v) is 13.1. The lowest BCUT2D eigenvalue weighted by Crippen LogP contribution is -2.41. The lowest BCUT2D eigenvalue weighted by Gasteiger charge is -2.42. The fourth-order valence-electron chi connectivity index (χ4n) is 3.07. The van der Waals surface area contributed by atoms with E-state index in [4.69, 9.17) is 0 Å². The maximum atomic E-state index is 11.5. The van der Waals surface area contributed by atoms with E-state index in [0.717, 1.165) is 6.41 Å². The van der Waals surface area contributed by atoms with Gasteiger partial charge in [-0.15, -0.1) is 11.8 Å². The molecular weight excluding hydrogens is 278 g/mol. The molecule has 1 heterocycles. The molecule has 0 radical (unpaired) electrons. The highest BCUT2D eigenvalue weighted by Gasteiger charge is 2.36. The normalized spacial score (nSPS) is 24.5. The standard InChI is InChI=1S/C18H19NOS/c1-13-16-10-6-7-11-17(16)18(14(2)19(13)12-20)21-15-8-4-3-5-9-15/h3-14,18H,1-2H3/t13-,14-,18?/m1/s1. The predicted octanol–water partition coefficient (Wildman–Crippen LogP) is 4.44. The lowest BCUT2D eigenvalue weighted by molar-refractivity contribution is -0.122. The van der Waals surface area contributed by atoms with Gasteiger partial charge in [0.05, 0.1) is 11.3 Å². The molecule has 21 heavy (non-hydrogen) atoms. The van der Waals surface area contributed by atoms with Crippen molar-refractivity contribution < 1.29 is 4.79 Å². The Labute approximate surface area is 130 Å². The quantitative estimate of drug-likeness (QED) is 0.781. The molecule has 1 aliphatic rings. The molecule has 1 unspecified atom stereocenters. The Kier molecular flexibility index (Phi) is 4.02. The number of hydrogen-bond acceptors (Lipinski definition) is 2. The molecule has 0 saturated carbocycles. The van der Waals surface area contributed by atoms with Crippen molar-refractivity contribution >= 4 is 18.2 Å². The molecule has 0 fully saturated rings. The van der Waals surface area contributed by atoms with Crippen molar-refractivity contribution in [1.29, 1.82) is 0 Å². The van der Waals surface area contributed by atoms with E-state index in [9.17, 15) is 4.79 Å². The van der Waals surface area contributed by atoms with Gasteiger partial charge in [-0.2, -0.15) is 0 Å². The first kappa shape index (κ1) is 14.2. The summed E-state index contributed by atoms with van der Waals surface area (Å²) in [7, 11) is 0. The topological polar surface area (TPSA) is 20.3 Å². The number of benzene rings is 2. The number of amides is 1. The predicted molar refractivity (Wildman–Crippen MR) is 87.3 cm³/mol. The highest BCUT2D eigenvalue weighted by Crippen LogP contribution is 2.47. The average Bonchev–Trinajstić information content (AvgIpc) is 2.53. The van der Waals surface area contributed by atoms with Crippen LogP contribution in [-0.2, 0) is 4.79 Å². The summed E-state index contributed by atoms with van der Waals surface area (Å²) < 4.78 is 0. The van der Waals surface area contributed by atoms with Crippen molar-refractivity contribution in [2.24, 2.45) is 0 Å². The first-order chi connectivity index (χ1) is 10.2. The second kappa shape index (κ2) is 5.94. The summed E-state index contributed by atoms with van der Waals surface area (Å²) in [5.74, 6) is 0. The number of carbonyl (C=O) groups excluding carboxylic acids is 1. The van der Waals surface area contributed by atoms with Crippen LogP contribution in [0.5, 0.6) is 0 Å². The molecule has 2 aromatic carbocycles. The second-order valence-corrected chi connectivity index (χ2v) is 6.66. The number of rotatable bonds is 3. The van der Waals surface area contributed by atoms with Gasteiger partial charge in [0.2, 0.25) is 6.41 Å². The minimum absolute atomic E-state index is 0.140. The monoisotopic (exact) mass is 297 g/mol. The van der Waals surface area contributed by atoms with Gasteiger partial charge in [0.25, 0.3) is 0 Å². The zero-order chi connectivity index (χ0) is 14.8. The van der Waals surface area contributed by atoms with Gasteiger partial charge in [-0.3, -0.25) is 4.79 Å². The zero-order valence-electron chi connectivity index (χ0n) is 12.3. The Morgan fingerprint density at radius 1 is 0.952 bits per heavy atom. The molecule has 0 aliphatic carbocycles. The summed E-state index contributed by atoms with van der Waals surface area (Å²) in [5.41, 5.74) is 2.61. The highest BCUT2D eigenvalue weighted by molar-refractivity contribution is 7.99. The number of fused-ring (bicyclic) bond motifs is 1. The van der Waals surface area contributed by atoms with Crippen molar-refractivity contribution in [2.45, 2.75) is 36.1 Å². The van der Waals surface area contributed by atoms with Crippen LogP contribution in [0.4, 0.5) is 0 Å².